The Morgan fingerprint density at radius 3 is 2.00 bits per heavy atom. The summed E-state index contributed by atoms with van der Waals surface area (Å²) in [6, 6.07) is 0. The number of hydrogen-bond donors (Lipinski definition) is 0. The average molecular weight is 124 g/mol. The van der Waals surface area contributed by atoms with Crippen LogP contribution in [-0.2, 0) is 0 Å². The van der Waals surface area contributed by atoms with Crippen molar-refractivity contribution in [3.63, 3.8) is 0 Å². The summed E-state index contributed by atoms with van der Waals surface area (Å²) in [4.78, 5) is 0. The Balaban J connectivity index is 3.52. The van der Waals surface area contributed by atoms with Crippen molar-refractivity contribution in [2.45, 2.75) is 26.0 Å². The summed E-state index contributed by atoms with van der Waals surface area (Å²) in [5.41, 5.74) is 2.26. The maximum atomic E-state index is 5.27. The second kappa shape index (κ2) is 3.13. The lowest BCUT2D eigenvalue weighted by atomic mass is 10.1. The van der Waals surface area contributed by atoms with Gasteiger partial charge in [0.1, 0.15) is 0 Å². The smallest absolute Gasteiger partial charge is 0.0708 e. The molecule has 0 aliphatic heterocycles. The molecule has 0 amide bonds. The largest absolute Gasteiger partial charge is 0.101 e. The summed E-state index contributed by atoms with van der Waals surface area (Å²) in [6.07, 6.45) is 2.73. The van der Waals surface area contributed by atoms with Crippen LogP contribution in [0.25, 0.3) is 0 Å². The average Bonchev–Trinajstić information content (AvgIpc) is 1.59. The molecule has 0 heterocycles. The zero-order valence-corrected chi connectivity index (χ0v) is 6.94. The highest BCUT2D eigenvalue weighted by atomic mass is 28.3. The Hall–Kier alpha value is 0.0218. The molecule has 0 N–H and O–H groups in total. The molecule has 0 spiro atoms. The zero-order valence-electron chi connectivity index (χ0n) is 5.94. The molecule has 8 heavy (non-hydrogen) atoms. The van der Waals surface area contributed by atoms with E-state index in [9.17, 15) is 0 Å². The molecule has 0 rings (SSSR count). The molecule has 0 unspecified atom stereocenters. The van der Waals surface area contributed by atoms with Crippen molar-refractivity contribution in [3.8, 4) is 0 Å². The van der Waals surface area contributed by atoms with Crippen molar-refractivity contribution in [2.75, 3.05) is 0 Å². The molecule has 0 saturated carbocycles. The van der Waals surface area contributed by atoms with Crippen LogP contribution in [0.3, 0.4) is 0 Å². The summed E-state index contributed by atoms with van der Waals surface area (Å²) in [6.45, 7) is 6.87. The summed E-state index contributed by atoms with van der Waals surface area (Å²) in [5.74, 6) is 0. The predicted molar refractivity (Wildman–Crippen MR) is 43.0 cm³/mol. The van der Waals surface area contributed by atoms with Gasteiger partial charge in [-0.3, -0.25) is 0 Å². The van der Waals surface area contributed by atoms with Gasteiger partial charge < -0.3 is 0 Å². The van der Waals surface area contributed by atoms with Gasteiger partial charge in [0.05, 0.1) is 15.9 Å². The minimum absolute atomic E-state index is 0.685. The van der Waals surface area contributed by atoms with E-state index in [4.69, 9.17) is 7.85 Å². The van der Waals surface area contributed by atoms with Crippen LogP contribution in [0.15, 0.2) is 11.8 Å². The van der Waals surface area contributed by atoms with Crippen molar-refractivity contribution in [2.24, 2.45) is 0 Å². The Kier molecular flexibility index (Phi) is 3.14. The van der Waals surface area contributed by atoms with E-state index in [0.29, 0.717) is 6.32 Å². The van der Waals surface area contributed by atoms with Gasteiger partial charge in [-0.1, -0.05) is 31.7 Å². The second-order valence-corrected chi connectivity index (χ2v) is 8.07. The molecule has 0 aromatic rings. The van der Waals surface area contributed by atoms with E-state index in [0.717, 1.165) is 0 Å². The van der Waals surface area contributed by atoms with E-state index in [-0.39, 0.29) is 0 Å². The topological polar surface area (TPSA) is 0 Å². The molecule has 0 nitrogen and oxygen atoms in total. The van der Waals surface area contributed by atoms with Crippen molar-refractivity contribution in [1.82, 2.24) is 0 Å². The molecule has 44 valence electrons. The molecule has 2 radical (unpaired) electrons. The molecule has 0 aliphatic rings. The molecular weight excluding hydrogens is 111 g/mol. The highest BCUT2D eigenvalue weighted by Crippen LogP contribution is 2.01. The van der Waals surface area contributed by atoms with Crippen LogP contribution in [0.5, 0.6) is 0 Å². The van der Waals surface area contributed by atoms with E-state index in [1.54, 1.807) is 0 Å². The summed E-state index contributed by atoms with van der Waals surface area (Å²) < 4.78 is 0. The lowest BCUT2D eigenvalue weighted by molar-refractivity contribution is 1.68. The van der Waals surface area contributed by atoms with Gasteiger partial charge in [-0.05, 0) is 0 Å². The predicted octanol–water partition coefficient (Wildman–Crippen LogP) is 2.01. The van der Waals surface area contributed by atoms with Crippen molar-refractivity contribution >= 4 is 15.9 Å². The first-order valence-corrected chi connectivity index (χ1v) is 6.52. The molecule has 2 heteroatoms. The first kappa shape index (κ1) is 8.02. The van der Waals surface area contributed by atoms with Gasteiger partial charge in [-0.2, -0.15) is 0 Å². The maximum Gasteiger partial charge on any atom is 0.0708 e. The van der Waals surface area contributed by atoms with Crippen LogP contribution in [0.1, 0.15) is 0 Å². The quantitative estimate of drug-likeness (QED) is 0.494. The Bertz CT molecular complexity index is 81.0. The third-order valence-corrected chi connectivity index (χ3v) is 1.99. The Morgan fingerprint density at radius 2 is 1.88 bits per heavy atom. The van der Waals surface area contributed by atoms with Crippen LogP contribution in [0.4, 0.5) is 0 Å². The second-order valence-electron chi connectivity index (χ2n) is 3.00. The van der Waals surface area contributed by atoms with Crippen LogP contribution in [0.2, 0.25) is 26.0 Å². The molecule has 0 saturated heterocycles. The van der Waals surface area contributed by atoms with Gasteiger partial charge in [0.2, 0.25) is 0 Å². The first-order valence-electron chi connectivity index (χ1n) is 2.94. The molecule has 0 aromatic carbocycles. The lowest BCUT2D eigenvalue weighted by Gasteiger charge is -2.06. The van der Waals surface area contributed by atoms with Crippen LogP contribution in [0, 0.1) is 0 Å². The van der Waals surface area contributed by atoms with E-state index in [1.165, 1.54) is 0 Å². The zero-order chi connectivity index (χ0) is 6.62. The number of hydrogen-bond acceptors (Lipinski definition) is 0. The molecule has 0 fully saturated rings. The summed E-state index contributed by atoms with van der Waals surface area (Å²) in [7, 11) is 4.33. The lowest BCUT2D eigenvalue weighted by Crippen LogP contribution is -2.15. The first-order chi connectivity index (χ1) is 3.56. The molecule has 0 bridgehead atoms. The monoisotopic (exact) mass is 124 g/mol. The van der Waals surface area contributed by atoms with E-state index >= 15 is 0 Å². The molecular formula is C6H13BSi. The van der Waals surface area contributed by atoms with E-state index < -0.39 is 8.07 Å². The van der Waals surface area contributed by atoms with Gasteiger partial charge in [-0.25, -0.2) is 0 Å². The highest BCUT2D eigenvalue weighted by Gasteiger charge is 2.05. The van der Waals surface area contributed by atoms with Gasteiger partial charge in [0.15, 0.2) is 0 Å². The molecule has 0 aromatic heterocycles. The normalized spacial score (nSPS) is 12.9. The SMILES string of the molecule is [B]CC=C[Si](C)(C)C. The fourth-order valence-corrected chi connectivity index (χ4v) is 1.26. The van der Waals surface area contributed by atoms with E-state index in [2.05, 4.69) is 25.3 Å². The van der Waals surface area contributed by atoms with Crippen LogP contribution in [-0.4, -0.2) is 15.9 Å². The third-order valence-electron chi connectivity index (χ3n) is 0.754. The number of rotatable bonds is 2. The summed E-state index contributed by atoms with van der Waals surface area (Å²) in [5, 5.41) is 0. The van der Waals surface area contributed by atoms with Crippen LogP contribution >= 0.6 is 0 Å². The van der Waals surface area contributed by atoms with Gasteiger partial charge in [-0.15, -0.1) is 6.08 Å². The minimum Gasteiger partial charge on any atom is -0.101 e. The van der Waals surface area contributed by atoms with Crippen molar-refractivity contribution in [3.05, 3.63) is 11.8 Å². The van der Waals surface area contributed by atoms with Crippen LogP contribution < -0.4 is 0 Å². The maximum absolute atomic E-state index is 5.27. The highest BCUT2D eigenvalue weighted by molar-refractivity contribution is 6.80. The summed E-state index contributed by atoms with van der Waals surface area (Å²) >= 11 is 0. The van der Waals surface area contributed by atoms with Crippen molar-refractivity contribution < 1.29 is 0 Å². The van der Waals surface area contributed by atoms with Gasteiger partial charge in [0, 0.05) is 0 Å². The van der Waals surface area contributed by atoms with E-state index in [1.807, 2.05) is 6.08 Å². The fraction of sp³-hybridized carbons (Fsp3) is 0.667. The Labute approximate surface area is 54.4 Å². The molecule has 0 atom stereocenters. The third kappa shape index (κ3) is 6.02. The van der Waals surface area contributed by atoms with Gasteiger partial charge >= 0.3 is 0 Å². The Morgan fingerprint density at radius 1 is 1.38 bits per heavy atom. The molecule has 0 aliphatic carbocycles. The fourth-order valence-electron chi connectivity index (χ4n) is 0.422. The van der Waals surface area contributed by atoms with Gasteiger partial charge in [0.25, 0.3) is 0 Å². The van der Waals surface area contributed by atoms with Crippen molar-refractivity contribution in [1.29, 1.82) is 0 Å². The minimum atomic E-state index is -0.939. The number of allylic oxidation sites excluding steroid dienone is 1. The standard InChI is InChI=1S/C6H13BSi/c1-8(2,3)6-4-5-7/h4,6H,5H2,1-3H3.